The van der Waals surface area contributed by atoms with Gasteiger partial charge in [0, 0.05) is 6.08 Å². The van der Waals surface area contributed by atoms with Crippen LogP contribution in [0.15, 0.2) is 60.7 Å². The number of hydrogen-bond acceptors (Lipinski definition) is 5. The molecule has 2 rings (SSSR count). The molecule has 136 valence electrons. The largest absolute Gasteiger partial charge is 0.478 e. The SMILES string of the molecule is O=C(O)/C=C/c1ccc(C(O)C(O)c2ccc(/C=C/C(O)O)cc2)cc1. The molecule has 0 aliphatic carbocycles. The van der Waals surface area contributed by atoms with E-state index in [1.807, 2.05) is 0 Å². The fraction of sp³-hybridized carbons (Fsp3) is 0.150. The van der Waals surface area contributed by atoms with E-state index in [1.54, 1.807) is 48.5 Å². The Balaban J connectivity index is 2.08. The summed E-state index contributed by atoms with van der Waals surface area (Å²) in [5.41, 5.74) is 2.39. The lowest BCUT2D eigenvalue weighted by atomic mass is 9.96. The lowest BCUT2D eigenvalue weighted by molar-refractivity contribution is -0.131. The Morgan fingerprint density at radius 2 is 1.15 bits per heavy atom. The molecule has 0 radical (unpaired) electrons. The van der Waals surface area contributed by atoms with Gasteiger partial charge in [0.25, 0.3) is 0 Å². The Morgan fingerprint density at radius 3 is 1.54 bits per heavy atom. The van der Waals surface area contributed by atoms with Crippen LogP contribution in [0.4, 0.5) is 0 Å². The third-order valence-corrected chi connectivity index (χ3v) is 3.73. The molecule has 0 aliphatic heterocycles. The standard InChI is InChI=1S/C20H20O6/c21-17(22)11-5-13-1-7-15(8-2-13)19(25)20(26)16-9-3-14(4-10-16)6-12-18(23)24/h1-12,17,19-22,25-26H,(H,23,24)/b11-5+,12-6+. The minimum absolute atomic E-state index is 0.498. The van der Waals surface area contributed by atoms with Crippen molar-refractivity contribution in [1.82, 2.24) is 0 Å². The van der Waals surface area contributed by atoms with E-state index < -0.39 is 24.5 Å². The minimum atomic E-state index is -1.53. The van der Waals surface area contributed by atoms with Gasteiger partial charge in [0.1, 0.15) is 12.2 Å². The predicted octanol–water partition coefficient (Wildman–Crippen LogP) is 1.88. The van der Waals surface area contributed by atoms with Crippen molar-refractivity contribution >= 4 is 18.1 Å². The highest BCUT2D eigenvalue weighted by Crippen LogP contribution is 2.29. The van der Waals surface area contributed by atoms with Gasteiger partial charge in [-0.15, -0.1) is 0 Å². The van der Waals surface area contributed by atoms with Gasteiger partial charge < -0.3 is 25.5 Å². The number of hydrogen-bond donors (Lipinski definition) is 5. The van der Waals surface area contributed by atoms with Crippen molar-refractivity contribution in [3.8, 4) is 0 Å². The summed E-state index contributed by atoms with van der Waals surface area (Å²) < 4.78 is 0. The smallest absolute Gasteiger partial charge is 0.328 e. The summed E-state index contributed by atoms with van der Waals surface area (Å²) in [6.45, 7) is 0. The first kappa shape index (κ1) is 19.6. The average molecular weight is 356 g/mol. The molecule has 5 N–H and O–H groups in total. The lowest BCUT2D eigenvalue weighted by Gasteiger charge is -2.19. The first-order chi connectivity index (χ1) is 12.4. The van der Waals surface area contributed by atoms with Crippen molar-refractivity contribution in [2.75, 3.05) is 0 Å². The third-order valence-electron chi connectivity index (χ3n) is 3.73. The Morgan fingerprint density at radius 1 is 0.731 bits per heavy atom. The number of benzene rings is 2. The summed E-state index contributed by atoms with van der Waals surface area (Å²) in [5.74, 6) is -1.05. The molecule has 6 heteroatoms. The van der Waals surface area contributed by atoms with E-state index in [4.69, 9.17) is 15.3 Å². The van der Waals surface area contributed by atoms with Gasteiger partial charge in [-0.25, -0.2) is 4.79 Å². The number of aliphatic hydroxyl groups is 4. The van der Waals surface area contributed by atoms with Crippen molar-refractivity contribution < 1.29 is 30.3 Å². The molecule has 2 unspecified atom stereocenters. The van der Waals surface area contributed by atoms with Crippen LogP contribution in [0.25, 0.3) is 12.2 Å². The van der Waals surface area contributed by atoms with Crippen molar-refractivity contribution in [3.63, 3.8) is 0 Å². The lowest BCUT2D eigenvalue weighted by Crippen LogP contribution is -2.10. The summed E-state index contributed by atoms with van der Waals surface area (Å²) in [5, 5.41) is 46.9. The highest BCUT2D eigenvalue weighted by Gasteiger charge is 2.20. The number of carboxylic acid groups (broad SMARTS) is 1. The third kappa shape index (κ3) is 5.65. The zero-order chi connectivity index (χ0) is 19.1. The van der Waals surface area contributed by atoms with Gasteiger partial charge in [-0.1, -0.05) is 54.6 Å². The van der Waals surface area contributed by atoms with Crippen molar-refractivity contribution in [2.24, 2.45) is 0 Å². The summed E-state index contributed by atoms with van der Waals surface area (Å²) in [6.07, 6.45) is 1.37. The molecule has 0 amide bonds. The highest BCUT2D eigenvalue weighted by atomic mass is 16.5. The average Bonchev–Trinajstić information content (AvgIpc) is 2.64. The fourth-order valence-electron chi connectivity index (χ4n) is 2.34. The van der Waals surface area contributed by atoms with Gasteiger partial charge in [-0.3, -0.25) is 0 Å². The highest BCUT2D eigenvalue weighted by molar-refractivity contribution is 5.85. The molecule has 0 heterocycles. The fourth-order valence-corrected chi connectivity index (χ4v) is 2.34. The quantitative estimate of drug-likeness (QED) is 0.382. The number of aliphatic hydroxyl groups excluding tert-OH is 3. The van der Waals surface area contributed by atoms with Crippen LogP contribution in [-0.4, -0.2) is 37.8 Å². The maximum Gasteiger partial charge on any atom is 0.328 e. The van der Waals surface area contributed by atoms with Crippen molar-refractivity contribution in [1.29, 1.82) is 0 Å². The van der Waals surface area contributed by atoms with E-state index in [0.29, 0.717) is 16.7 Å². The summed E-state index contributed by atoms with van der Waals surface area (Å²) >= 11 is 0. The number of rotatable bonds is 7. The van der Waals surface area contributed by atoms with Crippen LogP contribution in [-0.2, 0) is 4.79 Å². The van der Waals surface area contributed by atoms with E-state index in [1.165, 1.54) is 18.2 Å². The molecular weight excluding hydrogens is 336 g/mol. The van der Waals surface area contributed by atoms with E-state index in [2.05, 4.69) is 0 Å². The van der Waals surface area contributed by atoms with E-state index in [-0.39, 0.29) is 0 Å². The van der Waals surface area contributed by atoms with Crippen molar-refractivity contribution in [2.45, 2.75) is 18.5 Å². The van der Waals surface area contributed by atoms with Crippen LogP contribution in [0.5, 0.6) is 0 Å². The maximum absolute atomic E-state index is 10.5. The number of carboxylic acids is 1. The second kappa shape index (κ2) is 9.07. The first-order valence-corrected chi connectivity index (χ1v) is 7.88. The van der Waals surface area contributed by atoms with E-state index >= 15 is 0 Å². The van der Waals surface area contributed by atoms with Gasteiger partial charge in [0.2, 0.25) is 0 Å². The molecule has 0 spiro atoms. The van der Waals surface area contributed by atoms with Crippen molar-refractivity contribution in [3.05, 3.63) is 82.9 Å². The molecular formula is C20H20O6. The Kier molecular flexibility index (Phi) is 6.82. The number of carbonyl (C=O) groups is 1. The van der Waals surface area contributed by atoms with Gasteiger partial charge in [-0.2, -0.15) is 0 Å². The molecule has 0 aliphatic rings. The summed E-state index contributed by atoms with van der Waals surface area (Å²) in [6, 6.07) is 13.2. The predicted molar refractivity (Wildman–Crippen MR) is 96.7 cm³/mol. The molecule has 0 saturated heterocycles. The maximum atomic E-state index is 10.5. The topological polar surface area (TPSA) is 118 Å². The number of aliphatic carboxylic acids is 1. The molecule has 0 aromatic heterocycles. The molecule has 26 heavy (non-hydrogen) atoms. The second-order valence-electron chi connectivity index (χ2n) is 5.67. The van der Waals surface area contributed by atoms with E-state index in [9.17, 15) is 15.0 Å². The zero-order valence-electron chi connectivity index (χ0n) is 13.8. The molecule has 0 bridgehead atoms. The van der Waals surface area contributed by atoms with Crippen LogP contribution in [0.2, 0.25) is 0 Å². The molecule has 2 aromatic rings. The van der Waals surface area contributed by atoms with Crippen LogP contribution < -0.4 is 0 Å². The Hall–Kier alpha value is -2.77. The van der Waals surface area contributed by atoms with E-state index in [0.717, 1.165) is 11.6 Å². The minimum Gasteiger partial charge on any atom is -0.478 e. The zero-order valence-corrected chi connectivity index (χ0v) is 13.8. The normalized spacial score (nSPS) is 14.2. The summed E-state index contributed by atoms with van der Waals surface area (Å²) in [7, 11) is 0. The van der Waals surface area contributed by atoms with Crippen LogP contribution >= 0.6 is 0 Å². The van der Waals surface area contributed by atoms with Gasteiger partial charge in [0.15, 0.2) is 6.29 Å². The Bertz CT molecular complexity index is 775. The molecule has 2 atom stereocenters. The molecule has 6 nitrogen and oxygen atoms in total. The van der Waals surface area contributed by atoms with Crippen LogP contribution in [0, 0.1) is 0 Å². The monoisotopic (exact) mass is 356 g/mol. The van der Waals surface area contributed by atoms with Gasteiger partial charge >= 0.3 is 5.97 Å². The molecule has 0 saturated carbocycles. The molecule has 0 fully saturated rings. The Labute approximate surface area is 150 Å². The summed E-state index contributed by atoms with van der Waals surface area (Å²) in [4.78, 5) is 10.5. The second-order valence-corrected chi connectivity index (χ2v) is 5.67. The van der Waals surface area contributed by atoms with Gasteiger partial charge in [0.05, 0.1) is 0 Å². The van der Waals surface area contributed by atoms with Gasteiger partial charge in [-0.05, 0) is 34.4 Å². The molecule has 2 aromatic carbocycles. The first-order valence-electron chi connectivity index (χ1n) is 7.88. The van der Waals surface area contributed by atoms with Crippen LogP contribution in [0.3, 0.4) is 0 Å². The van der Waals surface area contributed by atoms with Crippen LogP contribution in [0.1, 0.15) is 34.5 Å².